The second-order valence-corrected chi connectivity index (χ2v) is 14.3. The van der Waals surface area contributed by atoms with Crippen LogP contribution in [0.3, 0.4) is 0 Å². The van der Waals surface area contributed by atoms with E-state index in [2.05, 4.69) is 66.7 Å². The summed E-state index contributed by atoms with van der Waals surface area (Å²) in [5.41, 5.74) is 4.50. The summed E-state index contributed by atoms with van der Waals surface area (Å²) < 4.78 is 3.58. The minimum atomic E-state index is -0.217. The van der Waals surface area contributed by atoms with Crippen molar-refractivity contribution in [3.63, 3.8) is 0 Å². The van der Waals surface area contributed by atoms with Gasteiger partial charge in [0.1, 0.15) is 0 Å². The summed E-state index contributed by atoms with van der Waals surface area (Å²) in [6, 6.07) is 4.91. The molecule has 1 atom stereocenters. The Kier molecular flexibility index (Phi) is 10.7. The van der Waals surface area contributed by atoms with Crippen molar-refractivity contribution >= 4 is 42.9 Å². The molecule has 0 amide bonds. The van der Waals surface area contributed by atoms with Crippen LogP contribution < -0.4 is 4.46 Å². The van der Waals surface area contributed by atoms with Gasteiger partial charge >= 0.3 is 195 Å². The number of hydrogen-bond donors (Lipinski definition) is 1. The first-order valence-corrected chi connectivity index (χ1v) is 15.0. The molecule has 0 aromatic heterocycles. The zero-order valence-electron chi connectivity index (χ0n) is 19.3. The van der Waals surface area contributed by atoms with Gasteiger partial charge in [0.05, 0.1) is 0 Å². The van der Waals surface area contributed by atoms with Crippen molar-refractivity contribution in [3.05, 3.63) is 39.4 Å². The summed E-state index contributed by atoms with van der Waals surface area (Å²) >= 11 is 4.35. The predicted octanol–water partition coefficient (Wildman–Crippen LogP) is 6.63. The van der Waals surface area contributed by atoms with Gasteiger partial charge < -0.3 is 0 Å². The van der Waals surface area contributed by atoms with E-state index in [4.69, 9.17) is 0 Å². The van der Waals surface area contributed by atoms with E-state index < -0.39 is 0 Å². The third-order valence-electron chi connectivity index (χ3n) is 5.43. The van der Waals surface area contributed by atoms with Crippen LogP contribution in [0.1, 0.15) is 102 Å². The molecule has 1 heterocycles. The molecule has 1 N–H and O–H groups in total. The first-order chi connectivity index (χ1) is 13.7. The Bertz CT molecular complexity index is 646. The van der Waals surface area contributed by atoms with Gasteiger partial charge in [0.15, 0.2) is 0 Å². The van der Waals surface area contributed by atoms with E-state index in [1.54, 1.807) is 4.46 Å². The maximum atomic E-state index is 10.8. The number of thioether (sulfide) groups is 2. The quantitative estimate of drug-likeness (QED) is 0.385. The first kappa shape index (κ1) is 25.4. The van der Waals surface area contributed by atoms with E-state index in [0.717, 1.165) is 12.8 Å². The molecule has 1 unspecified atom stereocenters. The average Bonchev–Trinajstić information content (AvgIpc) is 2.67. The zero-order chi connectivity index (χ0) is 21.6. The number of allylic oxidation sites excluding steroid dienone is 1. The number of hydrogen-bond acceptors (Lipinski definition) is 3. The molecule has 4 heteroatoms. The van der Waals surface area contributed by atoms with Crippen molar-refractivity contribution in [2.24, 2.45) is 0 Å². The van der Waals surface area contributed by atoms with E-state index in [0.29, 0.717) is 22.3 Å². The SMILES string of the molecule is C/C=C(/CC(O)CC1SCCCS1)[Se]c1c(C(C)C)cc(C(C)C)cc1C(C)C. The van der Waals surface area contributed by atoms with Gasteiger partial charge in [-0.1, -0.05) is 0 Å². The molecule has 0 radical (unpaired) electrons. The van der Waals surface area contributed by atoms with Crippen LogP contribution in [0.4, 0.5) is 0 Å². The molecule has 0 spiro atoms. The number of aliphatic hydroxyl groups is 1. The van der Waals surface area contributed by atoms with Gasteiger partial charge in [-0.05, 0) is 0 Å². The van der Waals surface area contributed by atoms with Gasteiger partial charge in [0.2, 0.25) is 0 Å². The topological polar surface area (TPSA) is 20.2 Å². The monoisotopic (exact) mass is 500 g/mol. The van der Waals surface area contributed by atoms with Crippen LogP contribution in [0.5, 0.6) is 0 Å². The Morgan fingerprint density at radius 2 is 1.59 bits per heavy atom. The van der Waals surface area contributed by atoms with Gasteiger partial charge in [-0.2, -0.15) is 0 Å². The summed E-state index contributed by atoms with van der Waals surface area (Å²) in [7, 11) is 0. The molecule has 1 saturated heterocycles. The third kappa shape index (κ3) is 7.65. The van der Waals surface area contributed by atoms with Gasteiger partial charge in [0.25, 0.3) is 0 Å². The van der Waals surface area contributed by atoms with Crippen molar-refractivity contribution in [1.82, 2.24) is 0 Å². The molecule has 1 aromatic rings. The molecule has 1 nitrogen and oxygen atoms in total. The van der Waals surface area contributed by atoms with Crippen LogP contribution in [0.25, 0.3) is 0 Å². The van der Waals surface area contributed by atoms with Crippen LogP contribution in [0, 0.1) is 0 Å². The maximum absolute atomic E-state index is 10.8. The molecule has 29 heavy (non-hydrogen) atoms. The molecule has 1 aliphatic heterocycles. The van der Waals surface area contributed by atoms with Crippen molar-refractivity contribution < 1.29 is 5.11 Å². The van der Waals surface area contributed by atoms with E-state index >= 15 is 0 Å². The molecule has 0 bridgehead atoms. The molecule has 0 saturated carbocycles. The van der Waals surface area contributed by atoms with Crippen molar-refractivity contribution in [2.75, 3.05) is 11.5 Å². The second kappa shape index (κ2) is 12.2. The summed E-state index contributed by atoms with van der Waals surface area (Å²) in [5, 5.41) is 10.8. The molecule has 1 aromatic carbocycles. The van der Waals surface area contributed by atoms with Crippen molar-refractivity contribution in [2.45, 2.75) is 96.2 Å². The second-order valence-electron chi connectivity index (χ2n) is 8.97. The molecule has 0 aliphatic carbocycles. The average molecular weight is 500 g/mol. The fourth-order valence-electron chi connectivity index (χ4n) is 3.57. The van der Waals surface area contributed by atoms with E-state index in [9.17, 15) is 5.11 Å². The van der Waals surface area contributed by atoms with Crippen LogP contribution in [0.2, 0.25) is 0 Å². The number of rotatable bonds is 9. The molecule has 2 rings (SSSR count). The first-order valence-electron chi connectivity index (χ1n) is 11.1. The van der Waals surface area contributed by atoms with Gasteiger partial charge in [0, 0.05) is 0 Å². The Morgan fingerprint density at radius 1 is 1.03 bits per heavy atom. The standard InChI is InChI=1S/C25H40OS2Se/c1-8-21(14-20(26)15-24-27-10-9-11-28-24)29-25-22(17(4)5)12-19(16(2)3)13-23(25)18(6)7/h8,12-13,16-18,20,24,26H,9-11,14-15H2,1-7H3/b21-8-. The summed E-state index contributed by atoms with van der Waals surface area (Å²) in [6.45, 7) is 16.0. The number of aliphatic hydroxyl groups excluding tert-OH is 1. The Morgan fingerprint density at radius 3 is 2.03 bits per heavy atom. The molecule has 1 fully saturated rings. The summed E-state index contributed by atoms with van der Waals surface area (Å²) in [4.78, 5) is 0. The zero-order valence-corrected chi connectivity index (χ0v) is 22.7. The fraction of sp³-hybridized carbons (Fsp3) is 0.680. The molecular formula is C25H40OS2Se. The fourth-order valence-corrected chi connectivity index (χ4v) is 9.68. The Balaban J connectivity index is 2.22. The van der Waals surface area contributed by atoms with Gasteiger partial charge in [-0.15, -0.1) is 0 Å². The molecule has 1 aliphatic rings. The van der Waals surface area contributed by atoms with E-state index in [-0.39, 0.29) is 21.1 Å². The molecular weight excluding hydrogens is 459 g/mol. The van der Waals surface area contributed by atoms with Crippen molar-refractivity contribution in [1.29, 1.82) is 0 Å². The summed E-state index contributed by atoms with van der Waals surface area (Å²) in [6.07, 6.45) is 5.12. The van der Waals surface area contributed by atoms with Crippen LogP contribution >= 0.6 is 23.5 Å². The van der Waals surface area contributed by atoms with E-state index in [1.807, 2.05) is 23.5 Å². The Labute approximate surface area is 194 Å². The molecule has 164 valence electrons. The van der Waals surface area contributed by atoms with Gasteiger partial charge in [-0.3, -0.25) is 0 Å². The van der Waals surface area contributed by atoms with Crippen LogP contribution in [0.15, 0.2) is 22.7 Å². The predicted molar refractivity (Wildman–Crippen MR) is 136 cm³/mol. The van der Waals surface area contributed by atoms with Crippen LogP contribution in [-0.2, 0) is 0 Å². The van der Waals surface area contributed by atoms with Crippen molar-refractivity contribution in [3.8, 4) is 0 Å². The third-order valence-corrected chi connectivity index (χ3v) is 11.2. The number of benzene rings is 1. The normalized spacial score (nSPS) is 17.6. The summed E-state index contributed by atoms with van der Waals surface area (Å²) in [5.74, 6) is 4.12. The van der Waals surface area contributed by atoms with Gasteiger partial charge in [-0.25, -0.2) is 0 Å². The van der Waals surface area contributed by atoms with E-state index in [1.165, 1.54) is 39.1 Å². The minimum absolute atomic E-state index is 0.217. The van der Waals surface area contributed by atoms with Crippen LogP contribution in [-0.4, -0.2) is 42.3 Å². The Hall–Kier alpha value is 0.139.